The van der Waals surface area contributed by atoms with Gasteiger partial charge >= 0.3 is 0 Å². The summed E-state index contributed by atoms with van der Waals surface area (Å²) in [6.45, 7) is 0. The van der Waals surface area contributed by atoms with E-state index in [-0.39, 0.29) is 17.6 Å². The number of benzene rings is 1. The number of phenolic OH excluding ortho intramolecular Hbond substituents is 1. The zero-order valence-corrected chi connectivity index (χ0v) is 9.85. The summed E-state index contributed by atoms with van der Waals surface area (Å²) in [5.74, 6) is -0.267. The van der Waals surface area contributed by atoms with Crippen molar-refractivity contribution in [3.05, 3.63) is 35.4 Å². The molecule has 18 heavy (non-hydrogen) atoms. The average Bonchev–Trinajstić information content (AvgIpc) is 2.64. The molecule has 0 saturated heterocycles. The molecule has 0 unspecified atom stereocenters. The van der Waals surface area contributed by atoms with Gasteiger partial charge in [-0.15, -0.1) is 0 Å². The highest BCUT2D eigenvalue weighted by atomic mass is 16.3. The fourth-order valence-corrected chi connectivity index (χ4v) is 2.58. The number of anilines is 1. The standard InChI is InChI=1S/C14H13NO3/c16-10-7-5-9(6-8-10)15-13(17)11-3-1-2-4-12(11)14(15)18/h5-8,16H,1-4H2. The number of carbonyl (C=O) groups excluding carboxylic acids is 2. The fourth-order valence-electron chi connectivity index (χ4n) is 2.58. The van der Waals surface area contributed by atoms with E-state index in [9.17, 15) is 14.7 Å². The molecule has 2 amide bonds. The highest BCUT2D eigenvalue weighted by Gasteiger charge is 2.39. The maximum absolute atomic E-state index is 12.2. The summed E-state index contributed by atoms with van der Waals surface area (Å²) in [5, 5.41) is 9.24. The number of hydrogen-bond donors (Lipinski definition) is 1. The second-order valence-electron chi connectivity index (χ2n) is 4.63. The van der Waals surface area contributed by atoms with Crippen molar-refractivity contribution in [1.29, 1.82) is 0 Å². The number of imide groups is 1. The summed E-state index contributed by atoms with van der Waals surface area (Å²) in [6.07, 6.45) is 3.35. The Morgan fingerprint density at radius 2 is 1.39 bits per heavy atom. The van der Waals surface area contributed by atoms with Gasteiger partial charge in [0.25, 0.3) is 11.8 Å². The second-order valence-corrected chi connectivity index (χ2v) is 4.63. The Balaban J connectivity index is 1.99. The third-order valence-corrected chi connectivity index (χ3v) is 3.50. The fraction of sp³-hybridized carbons (Fsp3) is 0.286. The topological polar surface area (TPSA) is 57.6 Å². The number of rotatable bonds is 1. The van der Waals surface area contributed by atoms with Gasteiger partial charge in [-0.25, -0.2) is 4.90 Å². The van der Waals surface area contributed by atoms with Gasteiger partial charge in [0.05, 0.1) is 5.69 Å². The first kappa shape index (κ1) is 11.0. The predicted octanol–water partition coefficient (Wildman–Crippen LogP) is 2.14. The van der Waals surface area contributed by atoms with Crippen molar-refractivity contribution in [3.63, 3.8) is 0 Å². The van der Waals surface area contributed by atoms with Crippen molar-refractivity contribution < 1.29 is 14.7 Å². The second kappa shape index (κ2) is 3.98. The van der Waals surface area contributed by atoms with Crippen LogP contribution in [0.15, 0.2) is 35.4 Å². The summed E-state index contributed by atoms with van der Waals surface area (Å²) < 4.78 is 0. The first-order valence-corrected chi connectivity index (χ1v) is 6.08. The van der Waals surface area contributed by atoms with Gasteiger partial charge in [-0.1, -0.05) is 0 Å². The Bertz CT molecular complexity index is 529. The van der Waals surface area contributed by atoms with E-state index in [1.54, 1.807) is 12.1 Å². The SMILES string of the molecule is O=C1C2=C(CCCC2)C(=O)N1c1ccc(O)cc1. The summed E-state index contributed by atoms with van der Waals surface area (Å²) in [7, 11) is 0. The summed E-state index contributed by atoms with van der Waals surface area (Å²) in [4.78, 5) is 25.7. The lowest BCUT2D eigenvalue weighted by molar-refractivity contribution is -0.120. The molecule has 1 aromatic rings. The van der Waals surface area contributed by atoms with Crippen LogP contribution >= 0.6 is 0 Å². The number of aromatic hydroxyl groups is 1. The van der Waals surface area contributed by atoms with Gasteiger partial charge in [0, 0.05) is 11.1 Å². The van der Waals surface area contributed by atoms with Gasteiger partial charge < -0.3 is 5.11 Å². The van der Waals surface area contributed by atoms with E-state index in [1.165, 1.54) is 17.0 Å². The molecule has 2 aliphatic rings. The number of hydrogen-bond acceptors (Lipinski definition) is 3. The van der Waals surface area contributed by atoms with Gasteiger partial charge in [-0.05, 0) is 49.9 Å². The number of phenols is 1. The molecular formula is C14H13NO3. The van der Waals surface area contributed by atoms with Crippen LogP contribution in [0.1, 0.15) is 25.7 Å². The van der Waals surface area contributed by atoms with Crippen molar-refractivity contribution >= 4 is 17.5 Å². The van der Waals surface area contributed by atoms with Crippen LogP contribution in [0.2, 0.25) is 0 Å². The molecular weight excluding hydrogens is 230 g/mol. The maximum Gasteiger partial charge on any atom is 0.261 e. The minimum Gasteiger partial charge on any atom is -0.508 e. The maximum atomic E-state index is 12.2. The Morgan fingerprint density at radius 3 is 1.89 bits per heavy atom. The molecule has 0 bridgehead atoms. The molecule has 0 aromatic heterocycles. The molecule has 1 heterocycles. The van der Waals surface area contributed by atoms with Crippen LogP contribution in [-0.4, -0.2) is 16.9 Å². The molecule has 0 fully saturated rings. The number of amides is 2. The van der Waals surface area contributed by atoms with Crippen molar-refractivity contribution in [2.45, 2.75) is 25.7 Å². The quantitative estimate of drug-likeness (QED) is 0.769. The molecule has 0 spiro atoms. The lowest BCUT2D eigenvalue weighted by atomic mass is 9.93. The van der Waals surface area contributed by atoms with Crippen LogP contribution in [-0.2, 0) is 9.59 Å². The zero-order valence-electron chi connectivity index (χ0n) is 9.85. The number of carbonyl (C=O) groups is 2. The minimum atomic E-state index is -0.194. The van der Waals surface area contributed by atoms with Crippen LogP contribution in [0.25, 0.3) is 0 Å². The lowest BCUT2D eigenvalue weighted by Gasteiger charge is -2.14. The van der Waals surface area contributed by atoms with Gasteiger partial charge in [0.2, 0.25) is 0 Å². The summed E-state index contributed by atoms with van der Waals surface area (Å²) >= 11 is 0. The largest absolute Gasteiger partial charge is 0.508 e. The zero-order chi connectivity index (χ0) is 12.7. The van der Waals surface area contributed by atoms with Gasteiger partial charge in [-0.2, -0.15) is 0 Å². The Hall–Kier alpha value is -2.10. The Labute approximate surface area is 105 Å². The normalized spacial score (nSPS) is 19.4. The van der Waals surface area contributed by atoms with Gasteiger partial charge in [0.1, 0.15) is 5.75 Å². The molecule has 4 heteroatoms. The molecule has 0 atom stereocenters. The van der Waals surface area contributed by atoms with E-state index in [2.05, 4.69) is 0 Å². The molecule has 1 aromatic carbocycles. The first-order valence-electron chi connectivity index (χ1n) is 6.08. The summed E-state index contributed by atoms with van der Waals surface area (Å²) in [6, 6.07) is 6.13. The van der Waals surface area contributed by atoms with Crippen LogP contribution in [0.3, 0.4) is 0 Å². The molecule has 0 radical (unpaired) electrons. The highest BCUT2D eigenvalue weighted by Crippen LogP contribution is 2.35. The van der Waals surface area contributed by atoms with E-state index in [4.69, 9.17) is 0 Å². The third kappa shape index (κ3) is 1.53. The molecule has 1 aliphatic carbocycles. The molecule has 92 valence electrons. The monoisotopic (exact) mass is 243 g/mol. The number of nitrogens with zero attached hydrogens (tertiary/aromatic N) is 1. The summed E-state index contributed by atoms with van der Waals surface area (Å²) in [5.41, 5.74) is 1.89. The van der Waals surface area contributed by atoms with E-state index in [1.807, 2.05) is 0 Å². The predicted molar refractivity (Wildman–Crippen MR) is 66.1 cm³/mol. The highest BCUT2D eigenvalue weighted by molar-refractivity contribution is 6.33. The molecule has 4 nitrogen and oxygen atoms in total. The Kier molecular flexibility index (Phi) is 2.44. The average molecular weight is 243 g/mol. The third-order valence-electron chi connectivity index (χ3n) is 3.50. The van der Waals surface area contributed by atoms with Crippen LogP contribution in [0, 0.1) is 0 Å². The van der Waals surface area contributed by atoms with Gasteiger partial charge in [-0.3, -0.25) is 9.59 Å². The van der Waals surface area contributed by atoms with Crippen LogP contribution in [0.4, 0.5) is 5.69 Å². The molecule has 1 N–H and O–H groups in total. The van der Waals surface area contributed by atoms with Crippen molar-refractivity contribution in [3.8, 4) is 5.75 Å². The Morgan fingerprint density at radius 1 is 0.889 bits per heavy atom. The molecule has 3 rings (SSSR count). The van der Waals surface area contributed by atoms with E-state index >= 15 is 0 Å². The van der Waals surface area contributed by atoms with Crippen LogP contribution in [0.5, 0.6) is 5.75 Å². The smallest absolute Gasteiger partial charge is 0.261 e. The lowest BCUT2D eigenvalue weighted by Crippen LogP contribution is -2.31. The molecule has 1 aliphatic heterocycles. The van der Waals surface area contributed by atoms with E-state index < -0.39 is 0 Å². The van der Waals surface area contributed by atoms with Crippen molar-refractivity contribution in [2.24, 2.45) is 0 Å². The van der Waals surface area contributed by atoms with Crippen molar-refractivity contribution in [2.75, 3.05) is 4.90 Å². The van der Waals surface area contributed by atoms with E-state index in [0.717, 1.165) is 12.8 Å². The minimum absolute atomic E-state index is 0.121. The molecule has 0 saturated carbocycles. The van der Waals surface area contributed by atoms with Gasteiger partial charge in [0.15, 0.2) is 0 Å². The van der Waals surface area contributed by atoms with Crippen LogP contribution < -0.4 is 4.90 Å². The van der Waals surface area contributed by atoms with Crippen molar-refractivity contribution in [1.82, 2.24) is 0 Å². The van der Waals surface area contributed by atoms with E-state index in [0.29, 0.717) is 29.7 Å². The first-order chi connectivity index (χ1) is 8.68.